The molecular formula is C28H26ClN5OS. The van der Waals surface area contributed by atoms with Crippen molar-refractivity contribution in [1.82, 2.24) is 19.8 Å². The van der Waals surface area contributed by atoms with Crippen LogP contribution in [0, 0.1) is 13.8 Å². The number of pyridine rings is 1. The summed E-state index contributed by atoms with van der Waals surface area (Å²) in [5, 5.41) is 7.62. The predicted molar refractivity (Wildman–Crippen MR) is 147 cm³/mol. The van der Waals surface area contributed by atoms with E-state index in [4.69, 9.17) is 23.8 Å². The van der Waals surface area contributed by atoms with E-state index < -0.39 is 0 Å². The molecule has 0 unspecified atom stereocenters. The topological polar surface area (TPSA) is 62.2 Å². The Morgan fingerprint density at radius 1 is 1.06 bits per heavy atom. The third kappa shape index (κ3) is 4.72. The molecule has 1 aliphatic heterocycles. The fourth-order valence-electron chi connectivity index (χ4n) is 4.87. The summed E-state index contributed by atoms with van der Waals surface area (Å²) in [4.78, 5) is 19.6. The molecule has 2 N–H and O–H groups in total. The van der Waals surface area contributed by atoms with Gasteiger partial charge < -0.3 is 20.1 Å². The van der Waals surface area contributed by atoms with Gasteiger partial charge in [0.1, 0.15) is 6.54 Å². The quantitative estimate of drug-likeness (QED) is 0.320. The Morgan fingerprint density at radius 2 is 1.78 bits per heavy atom. The number of anilines is 1. The Kier molecular flexibility index (Phi) is 6.76. The number of hydrogen-bond acceptors (Lipinski definition) is 3. The first kappa shape index (κ1) is 24.0. The molecule has 2 atom stereocenters. The van der Waals surface area contributed by atoms with Crippen molar-refractivity contribution in [3.63, 3.8) is 0 Å². The maximum atomic E-state index is 13.1. The summed E-state index contributed by atoms with van der Waals surface area (Å²) in [7, 11) is 0. The lowest BCUT2D eigenvalue weighted by molar-refractivity contribution is -0.116. The standard InChI is InChI=1S/C28H26ClN5OS/c1-18-16-23(19(2)34(18)22-13-11-20(29)12-14-22)27-26(24-10-6-7-15-30-24)32-28(36)33(27)17-25(35)31-21-8-4-3-5-9-21/h3-16,26-27H,17H2,1-2H3,(H,31,35)(H,32,36)/t26-,27+/m1/s1. The first-order chi connectivity index (χ1) is 17.4. The molecule has 1 fully saturated rings. The molecule has 1 aliphatic rings. The maximum Gasteiger partial charge on any atom is 0.244 e. The van der Waals surface area contributed by atoms with Crippen molar-refractivity contribution in [2.24, 2.45) is 0 Å². The van der Waals surface area contributed by atoms with Gasteiger partial charge in [0.25, 0.3) is 0 Å². The molecular weight excluding hydrogens is 490 g/mol. The summed E-state index contributed by atoms with van der Waals surface area (Å²) in [6.07, 6.45) is 1.78. The first-order valence-corrected chi connectivity index (χ1v) is 12.5. The normalized spacial score (nSPS) is 17.2. The number of halogens is 1. The van der Waals surface area contributed by atoms with E-state index in [1.165, 1.54) is 0 Å². The molecule has 0 spiro atoms. The molecule has 182 valence electrons. The van der Waals surface area contributed by atoms with Crippen LogP contribution in [0.1, 0.15) is 34.7 Å². The highest BCUT2D eigenvalue weighted by molar-refractivity contribution is 7.80. The summed E-state index contributed by atoms with van der Waals surface area (Å²) in [5.74, 6) is -0.136. The van der Waals surface area contributed by atoms with Gasteiger partial charge in [0.05, 0.1) is 17.8 Å². The van der Waals surface area contributed by atoms with Gasteiger partial charge in [0.15, 0.2) is 5.11 Å². The van der Waals surface area contributed by atoms with Crippen molar-refractivity contribution in [3.05, 3.63) is 113 Å². The lowest BCUT2D eigenvalue weighted by Crippen LogP contribution is -2.37. The first-order valence-electron chi connectivity index (χ1n) is 11.7. The zero-order chi connectivity index (χ0) is 25.2. The molecule has 36 heavy (non-hydrogen) atoms. The second kappa shape index (κ2) is 10.1. The Labute approximate surface area is 220 Å². The second-order valence-corrected chi connectivity index (χ2v) is 9.63. The highest BCUT2D eigenvalue weighted by atomic mass is 35.5. The largest absolute Gasteiger partial charge is 0.352 e. The van der Waals surface area contributed by atoms with E-state index in [1.807, 2.05) is 77.7 Å². The highest BCUT2D eigenvalue weighted by Crippen LogP contribution is 2.41. The Morgan fingerprint density at radius 3 is 2.47 bits per heavy atom. The Balaban J connectivity index is 1.53. The van der Waals surface area contributed by atoms with Gasteiger partial charge >= 0.3 is 0 Å². The third-order valence-corrected chi connectivity index (χ3v) is 7.05. The van der Waals surface area contributed by atoms with Crippen molar-refractivity contribution in [3.8, 4) is 5.69 Å². The second-order valence-electron chi connectivity index (χ2n) is 8.81. The molecule has 8 heteroatoms. The van der Waals surface area contributed by atoms with Crippen molar-refractivity contribution < 1.29 is 4.79 Å². The molecule has 0 bridgehead atoms. The van der Waals surface area contributed by atoms with Crippen molar-refractivity contribution >= 4 is 40.5 Å². The van der Waals surface area contributed by atoms with Gasteiger partial charge in [0.2, 0.25) is 5.91 Å². The summed E-state index contributed by atoms with van der Waals surface area (Å²) in [6.45, 7) is 4.28. The molecule has 2 aromatic heterocycles. The van der Waals surface area contributed by atoms with E-state index in [0.29, 0.717) is 10.1 Å². The minimum Gasteiger partial charge on any atom is -0.352 e. The number of carbonyl (C=O) groups excluding carboxylic acids is 1. The molecule has 3 heterocycles. The van der Waals surface area contributed by atoms with Crippen molar-refractivity contribution in [1.29, 1.82) is 0 Å². The lowest BCUT2D eigenvalue weighted by atomic mass is 9.96. The smallest absolute Gasteiger partial charge is 0.244 e. The van der Waals surface area contributed by atoms with Gasteiger partial charge in [-0.15, -0.1) is 0 Å². The van der Waals surface area contributed by atoms with Crippen LogP contribution >= 0.6 is 23.8 Å². The summed E-state index contributed by atoms with van der Waals surface area (Å²) in [5.41, 5.74) is 5.87. The molecule has 5 rings (SSSR count). The number of nitrogens with one attached hydrogen (secondary N) is 2. The number of para-hydroxylation sites is 1. The molecule has 4 aromatic rings. The van der Waals surface area contributed by atoms with Gasteiger partial charge in [-0.1, -0.05) is 35.9 Å². The van der Waals surface area contributed by atoms with Crippen LogP contribution in [0.5, 0.6) is 0 Å². The number of benzene rings is 2. The van der Waals surface area contributed by atoms with Gasteiger partial charge in [-0.2, -0.15) is 0 Å². The zero-order valence-corrected chi connectivity index (χ0v) is 21.6. The van der Waals surface area contributed by atoms with Gasteiger partial charge in [-0.3, -0.25) is 9.78 Å². The van der Waals surface area contributed by atoms with Crippen LogP contribution < -0.4 is 10.6 Å². The van der Waals surface area contributed by atoms with Crippen LogP contribution in [0.3, 0.4) is 0 Å². The average molecular weight is 516 g/mol. The number of aromatic nitrogens is 2. The number of thiocarbonyl (C=S) groups is 1. The van der Waals surface area contributed by atoms with E-state index in [9.17, 15) is 4.79 Å². The fourth-order valence-corrected chi connectivity index (χ4v) is 5.30. The number of rotatable bonds is 6. The number of nitrogens with zero attached hydrogens (tertiary/aromatic N) is 3. The summed E-state index contributed by atoms with van der Waals surface area (Å²) < 4.78 is 2.20. The highest BCUT2D eigenvalue weighted by Gasteiger charge is 2.42. The predicted octanol–water partition coefficient (Wildman–Crippen LogP) is 5.75. The molecule has 1 amide bonds. The minimum absolute atomic E-state index is 0.110. The molecule has 0 saturated carbocycles. The SMILES string of the molecule is Cc1cc([C@H]2[C@@H](c3ccccn3)NC(=S)N2CC(=O)Nc2ccccc2)c(C)n1-c1ccc(Cl)cc1. The number of hydrogen-bond donors (Lipinski definition) is 2. The Bertz CT molecular complexity index is 1390. The van der Waals surface area contributed by atoms with E-state index in [0.717, 1.165) is 34.0 Å². The Hall–Kier alpha value is -3.68. The van der Waals surface area contributed by atoms with Gasteiger partial charge in [-0.25, -0.2) is 0 Å². The lowest BCUT2D eigenvalue weighted by Gasteiger charge is -2.27. The molecule has 0 aliphatic carbocycles. The van der Waals surface area contributed by atoms with E-state index in [-0.39, 0.29) is 24.5 Å². The van der Waals surface area contributed by atoms with Gasteiger partial charge in [-0.05, 0) is 86.2 Å². The molecule has 1 saturated heterocycles. The minimum atomic E-state index is -0.221. The van der Waals surface area contributed by atoms with E-state index >= 15 is 0 Å². The molecule has 0 radical (unpaired) electrons. The van der Waals surface area contributed by atoms with Gasteiger partial charge in [0, 0.05) is 34.0 Å². The number of carbonyl (C=O) groups is 1. The monoisotopic (exact) mass is 515 g/mol. The van der Waals surface area contributed by atoms with Crippen LogP contribution in [0.4, 0.5) is 5.69 Å². The summed E-state index contributed by atoms with van der Waals surface area (Å²) >= 11 is 11.9. The zero-order valence-electron chi connectivity index (χ0n) is 20.0. The van der Waals surface area contributed by atoms with Crippen molar-refractivity contribution in [2.45, 2.75) is 25.9 Å². The van der Waals surface area contributed by atoms with Crippen LogP contribution in [-0.4, -0.2) is 32.0 Å². The third-order valence-electron chi connectivity index (χ3n) is 6.44. The number of aryl methyl sites for hydroxylation is 1. The van der Waals surface area contributed by atoms with Crippen LogP contribution in [0.15, 0.2) is 85.1 Å². The van der Waals surface area contributed by atoms with Crippen LogP contribution in [-0.2, 0) is 4.79 Å². The molecule has 2 aromatic carbocycles. The fraction of sp³-hybridized carbons (Fsp3) is 0.179. The van der Waals surface area contributed by atoms with Crippen LogP contribution in [0.25, 0.3) is 5.69 Å². The number of amides is 1. The van der Waals surface area contributed by atoms with Crippen molar-refractivity contribution in [2.75, 3.05) is 11.9 Å². The molecule has 6 nitrogen and oxygen atoms in total. The summed E-state index contributed by atoms with van der Waals surface area (Å²) in [6, 6.07) is 24.8. The van der Waals surface area contributed by atoms with Crippen LogP contribution in [0.2, 0.25) is 5.02 Å². The van der Waals surface area contributed by atoms with E-state index in [1.54, 1.807) is 6.20 Å². The average Bonchev–Trinajstić information content (AvgIpc) is 3.35. The van der Waals surface area contributed by atoms with E-state index in [2.05, 4.69) is 40.1 Å². The maximum absolute atomic E-state index is 13.1.